The fourth-order valence-electron chi connectivity index (χ4n) is 1.63. The molecule has 0 amide bonds. The molecule has 4 nitrogen and oxygen atoms in total. The molecule has 0 saturated heterocycles. The van der Waals surface area contributed by atoms with Crippen LogP contribution in [0, 0.1) is 12.3 Å². The zero-order valence-corrected chi connectivity index (χ0v) is 12.1. The molecule has 0 aromatic heterocycles. The lowest BCUT2D eigenvalue weighted by molar-refractivity contribution is 0.570. The Hall–Kier alpha value is -1.51. The topological polar surface area (TPSA) is 58.2 Å². The molecule has 0 aliphatic heterocycles. The smallest absolute Gasteiger partial charge is 0.242 e. The Morgan fingerprint density at radius 2 is 2.00 bits per heavy atom. The number of anilines is 1. The van der Waals surface area contributed by atoms with E-state index in [0.717, 1.165) is 6.42 Å². The second-order valence-corrected chi connectivity index (χ2v) is 6.19. The SMILES string of the molecule is C#CCCCNc1ccccc1S(=O)(=O)NC(C)C. The molecule has 0 aliphatic carbocycles. The number of unbranched alkanes of at least 4 members (excludes halogenated alkanes) is 1. The van der Waals surface area contributed by atoms with Crippen LogP contribution in [0.1, 0.15) is 26.7 Å². The molecule has 0 atom stereocenters. The van der Waals surface area contributed by atoms with Gasteiger partial charge in [-0.1, -0.05) is 12.1 Å². The molecule has 0 heterocycles. The van der Waals surface area contributed by atoms with Gasteiger partial charge < -0.3 is 5.32 Å². The predicted octanol–water partition coefficient (Wildman–Crippen LogP) is 2.20. The van der Waals surface area contributed by atoms with E-state index < -0.39 is 10.0 Å². The van der Waals surface area contributed by atoms with E-state index in [1.54, 1.807) is 38.1 Å². The standard InChI is InChI=1S/C14H20N2O2S/c1-4-5-8-11-15-13-9-6-7-10-14(13)19(17,18)16-12(2)3/h1,6-7,9-10,12,15-16H,5,8,11H2,2-3H3. The first kappa shape index (κ1) is 15.5. The van der Waals surface area contributed by atoms with E-state index in [1.807, 2.05) is 0 Å². The quantitative estimate of drug-likeness (QED) is 0.594. The maximum atomic E-state index is 12.2. The maximum absolute atomic E-state index is 12.2. The van der Waals surface area contributed by atoms with E-state index >= 15 is 0 Å². The van der Waals surface area contributed by atoms with Crippen molar-refractivity contribution in [2.75, 3.05) is 11.9 Å². The summed E-state index contributed by atoms with van der Waals surface area (Å²) in [6, 6.07) is 6.72. The number of sulfonamides is 1. The van der Waals surface area contributed by atoms with Gasteiger partial charge in [-0.05, 0) is 32.4 Å². The van der Waals surface area contributed by atoms with Crippen LogP contribution in [0.4, 0.5) is 5.69 Å². The Balaban J connectivity index is 2.87. The highest BCUT2D eigenvalue weighted by Crippen LogP contribution is 2.20. The van der Waals surface area contributed by atoms with Crippen LogP contribution < -0.4 is 10.0 Å². The van der Waals surface area contributed by atoms with Crippen molar-refractivity contribution in [3.05, 3.63) is 24.3 Å². The van der Waals surface area contributed by atoms with Gasteiger partial charge in [0, 0.05) is 19.0 Å². The first-order chi connectivity index (χ1) is 8.97. The number of rotatable bonds is 7. The van der Waals surface area contributed by atoms with E-state index in [9.17, 15) is 8.42 Å². The van der Waals surface area contributed by atoms with Crippen LogP contribution in [-0.4, -0.2) is 21.0 Å². The monoisotopic (exact) mass is 280 g/mol. The number of benzene rings is 1. The Morgan fingerprint density at radius 3 is 2.63 bits per heavy atom. The number of para-hydroxylation sites is 1. The molecule has 0 aliphatic rings. The maximum Gasteiger partial charge on any atom is 0.242 e. The minimum Gasteiger partial charge on any atom is -0.384 e. The van der Waals surface area contributed by atoms with Gasteiger partial charge in [-0.15, -0.1) is 12.3 Å². The van der Waals surface area contributed by atoms with Gasteiger partial charge in [0.15, 0.2) is 0 Å². The van der Waals surface area contributed by atoms with Gasteiger partial charge >= 0.3 is 0 Å². The van der Waals surface area contributed by atoms with Crippen LogP contribution >= 0.6 is 0 Å². The van der Waals surface area contributed by atoms with Crippen molar-refractivity contribution in [3.8, 4) is 12.3 Å². The van der Waals surface area contributed by atoms with Gasteiger partial charge in [-0.25, -0.2) is 13.1 Å². The van der Waals surface area contributed by atoms with Crippen molar-refractivity contribution in [2.24, 2.45) is 0 Å². The van der Waals surface area contributed by atoms with Crippen LogP contribution in [0.3, 0.4) is 0 Å². The molecule has 5 heteroatoms. The summed E-state index contributed by atoms with van der Waals surface area (Å²) in [5.74, 6) is 2.55. The Kier molecular flexibility index (Phi) is 5.87. The summed E-state index contributed by atoms with van der Waals surface area (Å²) < 4.78 is 26.9. The molecule has 1 aromatic rings. The highest BCUT2D eigenvalue weighted by Gasteiger charge is 2.18. The number of hydrogen-bond donors (Lipinski definition) is 2. The molecule has 1 rings (SSSR count). The zero-order valence-electron chi connectivity index (χ0n) is 11.3. The second kappa shape index (κ2) is 7.17. The molecular formula is C14H20N2O2S. The van der Waals surface area contributed by atoms with Crippen molar-refractivity contribution < 1.29 is 8.42 Å². The number of hydrogen-bond acceptors (Lipinski definition) is 3. The van der Waals surface area contributed by atoms with Gasteiger partial charge in [-0.2, -0.15) is 0 Å². The van der Waals surface area contributed by atoms with Gasteiger partial charge in [0.25, 0.3) is 0 Å². The summed E-state index contributed by atoms with van der Waals surface area (Å²) in [6.45, 7) is 4.24. The first-order valence-corrected chi connectivity index (χ1v) is 7.74. The molecule has 104 valence electrons. The summed E-state index contributed by atoms with van der Waals surface area (Å²) in [5.41, 5.74) is 0.604. The fourth-order valence-corrected chi connectivity index (χ4v) is 3.07. The van der Waals surface area contributed by atoms with Crippen LogP contribution in [-0.2, 0) is 10.0 Å². The lowest BCUT2D eigenvalue weighted by Crippen LogP contribution is -2.30. The normalized spacial score (nSPS) is 11.3. The Labute approximate surface area is 115 Å². The Morgan fingerprint density at radius 1 is 1.32 bits per heavy atom. The largest absolute Gasteiger partial charge is 0.384 e. The van der Waals surface area contributed by atoms with E-state index in [-0.39, 0.29) is 10.9 Å². The molecule has 0 saturated carbocycles. The molecule has 0 bridgehead atoms. The summed E-state index contributed by atoms with van der Waals surface area (Å²) in [5, 5.41) is 3.11. The van der Waals surface area contributed by atoms with Crippen LogP contribution in [0.15, 0.2) is 29.2 Å². The summed E-state index contributed by atoms with van der Waals surface area (Å²) >= 11 is 0. The van der Waals surface area contributed by atoms with E-state index in [4.69, 9.17) is 6.42 Å². The van der Waals surface area contributed by atoms with Crippen molar-refractivity contribution in [1.82, 2.24) is 4.72 Å². The van der Waals surface area contributed by atoms with Gasteiger partial charge in [0.2, 0.25) is 10.0 Å². The summed E-state index contributed by atoms with van der Waals surface area (Å²) in [4.78, 5) is 0.268. The minimum atomic E-state index is -3.49. The fraction of sp³-hybridized carbons (Fsp3) is 0.429. The Bertz CT molecular complexity index is 545. The second-order valence-electron chi connectivity index (χ2n) is 4.51. The molecule has 2 N–H and O–H groups in total. The summed E-state index contributed by atoms with van der Waals surface area (Å²) in [7, 11) is -3.49. The third kappa shape index (κ3) is 4.93. The molecule has 0 unspecified atom stereocenters. The van der Waals surface area contributed by atoms with E-state index in [1.165, 1.54) is 0 Å². The zero-order chi connectivity index (χ0) is 14.3. The van der Waals surface area contributed by atoms with Crippen LogP contribution in [0.5, 0.6) is 0 Å². The summed E-state index contributed by atoms with van der Waals surface area (Å²) in [6.07, 6.45) is 6.66. The van der Waals surface area contributed by atoms with E-state index in [0.29, 0.717) is 18.7 Å². The number of nitrogens with one attached hydrogen (secondary N) is 2. The van der Waals surface area contributed by atoms with E-state index in [2.05, 4.69) is 16.0 Å². The highest BCUT2D eigenvalue weighted by molar-refractivity contribution is 7.89. The lowest BCUT2D eigenvalue weighted by atomic mass is 10.3. The van der Waals surface area contributed by atoms with Gasteiger partial charge in [0.05, 0.1) is 5.69 Å². The molecule has 0 fully saturated rings. The third-order valence-corrected chi connectivity index (χ3v) is 4.10. The molecule has 0 spiro atoms. The predicted molar refractivity (Wildman–Crippen MR) is 78.5 cm³/mol. The van der Waals surface area contributed by atoms with Gasteiger partial charge in [0.1, 0.15) is 4.90 Å². The average Bonchev–Trinajstić information content (AvgIpc) is 2.33. The van der Waals surface area contributed by atoms with Gasteiger partial charge in [-0.3, -0.25) is 0 Å². The minimum absolute atomic E-state index is 0.139. The molecular weight excluding hydrogens is 260 g/mol. The molecule has 1 aromatic carbocycles. The van der Waals surface area contributed by atoms with Crippen LogP contribution in [0.2, 0.25) is 0 Å². The lowest BCUT2D eigenvalue weighted by Gasteiger charge is -2.14. The highest BCUT2D eigenvalue weighted by atomic mass is 32.2. The van der Waals surface area contributed by atoms with Crippen molar-refractivity contribution in [2.45, 2.75) is 37.6 Å². The van der Waals surface area contributed by atoms with Crippen molar-refractivity contribution in [1.29, 1.82) is 0 Å². The molecule has 0 radical (unpaired) electrons. The third-order valence-electron chi connectivity index (χ3n) is 2.38. The molecule has 19 heavy (non-hydrogen) atoms. The van der Waals surface area contributed by atoms with Crippen molar-refractivity contribution >= 4 is 15.7 Å². The average molecular weight is 280 g/mol. The van der Waals surface area contributed by atoms with Crippen LogP contribution in [0.25, 0.3) is 0 Å². The van der Waals surface area contributed by atoms with Crippen molar-refractivity contribution in [3.63, 3.8) is 0 Å². The first-order valence-electron chi connectivity index (χ1n) is 6.26. The number of terminal acetylenes is 1.